The van der Waals surface area contributed by atoms with E-state index in [1.54, 1.807) is 6.20 Å². The van der Waals surface area contributed by atoms with Crippen LogP contribution in [0, 0.1) is 0 Å². The fourth-order valence-electron chi connectivity index (χ4n) is 1.41. The van der Waals surface area contributed by atoms with Crippen LogP contribution < -0.4 is 5.73 Å². The topological polar surface area (TPSA) is 65.2 Å². The molecule has 92 valence electrons. The second-order valence-corrected chi connectivity index (χ2v) is 3.71. The molecule has 4 heteroatoms. The van der Waals surface area contributed by atoms with E-state index in [1.807, 2.05) is 18.3 Å². The standard InChI is InChI=1S/C13H18N2O2/c14-13(16)17-10-5-3-1-2-4-7-12-8-6-9-15-11-12/h4,6-9,11H,1-3,5,10H2,(H2,14,16)/b7-4+. The number of rotatable bonds is 7. The van der Waals surface area contributed by atoms with Gasteiger partial charge in [0.25, 0.3) is 0 Å². The van der Waals surface area contributed by atoms with E-state index in [0.717, 1.165) is 31.2 Å². The van der Waals surface area contributed by atoms with E-state index in [-0.39, 0.29) is 0 Å². The predicted molar refractivity (Wildman–Crippen MR) is 67.3 cm³/mol. The first-order valence-corrected chi connectivity index (χ1v) is 5.78. The Kier molecular flexibility index (Phi) is 6.48. The Hall–Kier alpha value is -1.84. The van der Waals surface area contributed by atoms with Crippen molar-refractivity contribution >= 4 is 12.2 Å². The summed E-state index contributed by atoms with van der Waals surface area (Å²) in [6.45, 7) is 0.418. The summed E-state index contributed by atoms with van der Waals surface area (Å²) in [6.07, 6.45) is 11.1. The van der Waals surface area contributed by atoms with Crippen molar-refractivity contribution in [3.63, 3.8) is 0 Å². The molecule has 0 saturated heterocycles. The number of carbonyl (C=O) groups is 1. The van der Waals surface area contributed by atoms with E-state index in [0.29, 0.717) is 6.61 Å². The highest BCUT2D eigenvalue weighted by Crippen LogP contribution is 2.04. The van der Waals surface area contributed by atoms with Crippen molar-refractivity contribution in [2.45, 2.75) is 25.7 Å². The number of hydrogen-bond donors (Lipinski definition) is 1. The van der Waals surface area contributed by atoms with Crippen molar-refractivity contribution in [1.82, 2.24) is 4.98 Å². The minimum Gasteiger partial charge on any atom is -0.450 e. The molecule has 0 aliphatic rings. The maximum Gasteiger partial charge on any atom is 0.404 e. The lowest BCUT2D eigenvalue weighted by Gasteiger charge is -1.99. The van der Waals surface area contributed by atoms with Crippen LogP contribution in [0.5, 0.6) is 0 Å². The maximum atomic E-state index is 10.3. The zero-order chi connectivity index (χ0) is 12.3. The zero-order valence-corrected chi connectivity index (χ0v) is 9.84. The highest BCUT2D eigenvalue weighted by molar-refractivity contribution is 5.64. The Labute approximate surface area is 101 Å². The minimum absolute atomic E-state index is 0.418. The quantitative estimate of drug-likeness (QED) is 0.738. The van der Waals surface area contributed by atoms with E-state index in [2.05, 4.69) is 21.9 Å². The Morgan fingerprint density at radius 3 is 3.00 bits per heavy atom. The lowest BCUT2D eigenvalue weighted by molar-refractivity contribution is 0.154. The fourth-order valence-corrected chi connectivity index (χ4v) is 1.41. The molecule has 1 rings (SSSR count). The second kappa shape index (κ2) is 8.33. The summed E-state index contributed by atoms with van der Waals surface area (Å²) in [5.41, 5.74) is 5.96. The van der Waals surface area contributed by atoms with Crippen molar-refractivity contribution < 1.29 is 9.53 Å². The number of ether oxygens (including phenoxy) is 1. The average molecular weight is 234 g/mol. The predicted octanol–water partition coefficient (Wildman–Crippen LogP) is 2.75. The Morgan fingerprint density at radius 1 is 1.41 bits per heavy atom. The van der Waals surface area contributed by atoms with Crippen LogP contribution in [0.25, 0.3) is 6.08 Å². The van der Waals surface area contributed by atoms with E-state index < -0.39 is 6.09 Å². The molecule has 0 bridgehead atoms. The average Bonchev–Trinajstić information content (AvgIpc) is 2.33. The highest BCUT2D eigenvalue weighted by Gasteiger charge is 1.92. The van der Waals surface area contributed by atoms with Gasteiger partial charge in [0, 0.05) is 12.4 Å². The van der Waals surface area contributed by atoms with Crippen molar-refractivity contribution in [2.75, 3.05) is 6.61 Å². The van der Waals surface area contributed by atoms with Gasteiger partial charge in [-0.15, -0.1) is 0 Å². The molecule has 0 aliphatic heterocycles. The molecular weight excluding hydrogens is 216 g/mol. The number of nitrogens with zero attached hydrogens (tertiary/aromatic N) is 1. The molecule has 0 aliphatic carbocycles. The second-order valence-electron chi connectivity index (χ2n) is 3.71. The number of amides is 1. The first kappa shape index (κ1) is 13.2. The molecule has 0 aromatic carbocycles. The van der Waals surface area contributed by atoms with Crippen LogP contribution in [0.1, 0.15) is 31.2 Å². The Bertz CT molecular complexity index is 350. The third kappa shape index (κ3) is 7.11. The van der Waals surface area contributed by atoms with Crippen LogP contribution in [-0.4, -0.2) is 17.7 Å². The smallest absolute Gasteiger partial charge is 0.404 e. The van der Waals surface area contributed by atoms with Gasteiger partial charge in [-0.3, -0.25) is 4.98 Å². The van der Waals surface area contributed by atoms with Crippen LogP contribution in [0.2, 0.25) is 0 Å². The molecule has 1 heterocycles. The lowest BCUT2D eigenvalue weighted by Crippen LogP contribution is -2.13. The summed E-state index contributed by atoms with van der Waals surface area (Å²) in [5, 5.41) is 0. The first-order chi connectivity index (χ1) is 8.29. The number of pyridine rings is 1. The van der Waals surface area contributed by atoms with Crippen LogP contribution >= 0.6 is 0 Å². The molecule has 1 aromatic heterocycles. The highest BCUT2D eigenvalue weighted by atomic mass is 16.5. The van der Waals surface area contributed by atoms with Gasteiger partial charge in [-0.25, -0.2) is 4.79 Å². The fraction of sp³-hybridized carbons (Fsp3) is 0.385. The van der Waals surface area contributed by atoms with Crippen LogP contribution in [-0.2, 0) is 4.74 Å². The van der Waals surface area contributed by atoms with Crippen molar-refractivity contribution in [3.05, 3.63) is 36.2 Å². The van der Waals surface area contributed by atoms with Crippen molar-refractivity contribution in [3.8, 4) is 0 Å². The summed E-state index contributed by atoms with van der Waals surface area (Å²) in [6, 6.07) is 3.94. The van der Waals surface area contributed by atoms with Crippen molar-refractivity contribution in [1.29, 1.82) is 0 Å². The third-order valence-corrected chi connectivity index (χ3v) is 2.25. The van der Waals surface area contributed by atoms with Crippen LogP contribution in [0.4, 0.5) is 4.79 Å². The Balaban J connectivity index is 2.01. The molecule has 0 spiro atoms. The number of allylic oxidation sites excluding steroid dienone is 1. The molecule has 0 radical (unpaired) electrons. The van der Waals surface area contributed by atoms with Gasteiger partial charge in [0.1, 0.15) is 0 Å². The van der Waals surface area contributed by atoms with E-state index in [1.165, 1.54) is 0 Å². The molecule has 17 heavy (non-hydrogen) atoms. The number of nitrogens with two attached hydrogens (primary N) is 1. The summed E-state index contributed by atoms with van der Waals surface area (Å²) >= 11 is 0. The maximum absolute atomic E-state index is 10.3. The molecule has 1 amide bonds. The summed E-state index contributed by atoms with van der Waals surface area (Å²) < 4.78 is 4.63. The Morgan fingerprint density at radius 2 is 2.29 bits per heavy atom. The zero-order valence-electron chi connectivity index (χ0n) is 9.84. The van der Waals surface area contributed by atoms with E-state index in [4.69, 9.17) is 5.73 Å². The molecule has 0 saturated carbocycles. The van der Waals surface area contributed by atoms with Gasteiger partial charge < -0.3 is 10.5 Å². The molecule has 0 fully saturated rings. The van der Waals surface area contributed by atoms with Gasteiger partial charge in [-0.05, 0) is 37.3 Å². The largest absolute Gasteiger partial charge is 0.450 e. The van der Waals surface area contributed by atoms with Crippen LogP contribution in [0.3, 0.4) is 0 Å². The monoisotopic (exact) mass is 234 g/mol. The van der Waals surface area contributed by atoms with E-state index >= 15 is 0 Å². The number of primary amides is 1. The molecule has 4 nitrogen and oxygen atoms in total. The van der Waals surface area contributed by atoms with Crippen molar-refractivity contribution in [2.24, 2.45) is 5.73 Å². The van der Waals surface area contributed by atoms with Gasteiger partial charge >= 0.3 is 6.09 Å². The number of unbranched alkanes of at least 4 members (excludes halogenated alkanes) is 3. The van der Waals surface area contributed by atoms with Gasteiger partial charge in [0.2, 0.25) is 0 Å². The minimum atomic E-state index is -0.693. The van der Waals surface area contributed by atoms with Crippen LogP contribution in [0.15, 0.2) is 30.6 Å². The van der Waals surface area contributed by atoms with Gasteiger partial charge in [0.15, 0.2) is 0 Å². The summed E-state index contributed by atoms with van der Waals surface area (Å²) in [7, 11) is 0. The molecular formula is C13H18N2O2. The number of carbonyl (C=O) groups excluding carboxylic acids is 1. The molecule has 1 aromatic rings. The molecule has 0 unspecified atom stereocenters. The SMILES string of the molecule is NC(=O)OCCCCC/C=C/c1cccnc1. The van der Waals surface area contributed by atoms with Gasteiger partial charge in [0.05, 0.1) is 6.61 Å². The number of hydrogen-bond acceptors (Lipinski definition) is 3. The molecule has 0 atom stereocenters. The van der Waals surface area contributed by atoms with Gasteiger partial charge in [-0.2, -0.15) is 0 Å². The lowest BCUT2D eigenvalue weighted by atomic mass is 10.1. The third-order valence-electron chi connectivity index (χ3n) is 2.25. The normalized spacial score (nSPS) is 10.6. The van der Waals surface area contributed by atoms with E-state index in [9.17, 15) is 4.79 Å². The number of aromatic nitrogens is 1. The first-order valence-electron chi connectivity index (χ1n) is 5.78. The summed E-state index contributed by atoms with van der Waals surface area (Å²) in [5.74, 6) is 0. The summed E-state index contributed by atoms with van der Waals surface area (Å²) in [4.78, 5) is 14.3. The van der Waals surface area contributed by atoms with Gasteiger partial charge in [-0.1, -0.05) is 18.2 Å². The molecule has 2 N–H and O–H groups in total.